The molecule has 0 heterocycles. The Labute approximate surface area is 194 Å². The van der Waals surface area contributed by atoms with Crippen LogP contribution in [0.5, 0.6) is 0 Å². The summed E-state index contributed by atoms with van der Waals surface area (Å²) in [6, 6.07) is 16.6. The fourth-order valence-electron chi connectivity index (χ4n) is 2.98. The molecule has 0 spiro atoms. The van der Waals surface area contributed by atoms with Gasteiger partial charge in [0, 0.05) is 16.4 Å². The van der Waals surface area contributed by atoms with E-state index in [0.717, 1.165) is 5.56 Å². The summed E-state index contributed by atoms with van der Waals surface area (Å²) in [7, 11) is 0. The lowest BCUT2D eigenvalue weighted by Gasteiger charge is -2.09. The Hall–Kier alpha value is -4.17. The van der Waals surface area contributed by atoms with Crippen LogP contribution in [0.15, 0.2) is 66.7 Å². The number of carboxylic acid groups (broad SMARTS) is 1. The molecule has 3 aromatic carbocycles. The van der Waals surface area contributed by atoms with E-state index in [9.17, 15) is 24.3 Å². The summed E-state index contributed by atoms with van der Waals surface area (Å²) < 4.78 is 5.02. The van der Waals surface area contributed by atoms with Gasteiger partial charge in [0.05, 0.1) is 16.7 Å². The van der Waals surface area contributed by atoms with Crippen molar-refractivity contribution in [2.45, 2.75) is 6.92 Å². The molecule has 0 saturated carbocycles. The van der Waals surface area contributed by atoms with Crippen LogP contribution >= 0.6 is 11.6 Å². The van der Waals surface area contributed by atoms with E-state index in [1.165, 1.54) is 42.5 Å². The van der Waals surface area contributed by atoms with Crippen LogP contribution in [-0.4, -0.2) is 35.5 Å². The number of carbonyl (C=O) groups excluding carboxylic acids is 3. The van der Waals surface area contributed by atoms with E-state index in [4.69, 9.17) is 16.3 Å². The maximum Gasteiger partial charge on any atom is 0.338 e. The summed E-state index contributed by atoms with van der Waals surface area (Å²) >= 11 is 5.95. The topological polar surface area (TPSA) is 122 Å². The van der Waals surface area contributed by atoms with Crippen molar-refractivity contribution >= 4 is 46.7 Å². The molecule has 8 nitrogen and oxygen atoms in total. The van der Waals surface area contributed by atoms with Crippen LogP contribution in [0.25, 0.3) is 0 Å². The van der Waals surface area contributed by atoms with Gasteiger partial charge in [-0.05, 0) is 67.1 Å². The summed E-state index contributed by atoms with van der Waals surface area (Å²) in [4.78, 5) is 47.9. The number of hydrogen-bond donors (Lipinski definition) is 3. The van der Waals surface area contributed by atoms with Crippen molar-refractivity contribution in [3.05, 3.63) is 94.0 Å². The van der Waals surface area contributed by atoms with E-state index >= 15 is 0 Å². The molecular formula is C24H19ClN2O6. The lowest BCUT2D eigenvalue weighted by atomic mass is 10.1. The predicted molar refractivity (Wildman–Crippen MR) is 123 cm³/mol. The quantitative estimate of drug-likeness (QED) is 0.444. The first-order valence-electron chi connectivity index (χ1n) is 9.71. The normalized spacial score (nSPS) is 10.2. The predicted octanol–water partition coefficient (Wildman–Crippen LogP) is 4.39. The van der Waals surface area contributed by atoms with Crippen LogP contribution in [0.3, 0.4) is 0 Å². The lowest BCUT2D eigenvalue weighted by molar-refractivity contribution is -0.119. The lowest BCUT2D eigenvalue weighted by Crippen LogP contribution is -2.21. The Morgan fingerprint density at radius 1 is 0.879 bits per heavy atom. The number of ether oxygens (including phenoxy) is 1. The van der Waals surface area contributed by atoms with Crippen molar-refractivity contribution in [3.8, 4) is 0 Å². The minimum atomic E-state index is -1.21. The first-order chi connectivity index (χ1) is 15.7. The van der Waals surface area contributed by atoms with Gasteiger partial charge >= 0.3 is 11.9 Å². The van der Waals surface area contributed by atoms with E-state index in [1.54, 1.807) is 24.3 Å². The first kappa shape index (κ1) is 23.5. The monoisotopic (exact) mass is 466 g/mol. The molecule has 0 atom stereocenters. The highest BCUT2D eigenvalue weighted by molar-refractivity contribution is 6.31. The van der Waals surface area contributed by atoms with Crippen molar-refractivity contribution in [1.29, 1.82) is 0 Å². The third kappa shape index (κ3) is 6.41. The van der Waals surface area contributed by atoms with E-state index in [-0.39, 0.29) is 16.7 Å². The molecule has 3 rings (SSSR count). The number of rotatable bonds is 7. The maximum absolute atomic E-state index is 12.4. The molecule has 0 aliphatic carbocycles. The number of aryl methyl sites for hydroxylation is 1. The van der Waals surface area contributed by atoms with Crippen LogP contribution in [0.2, 0.25) is 5.02 Å². The Morgan fingerprint density at radius 3 is 2.18 bits per heavy atom. The zero-order valence-corrected chi connectivity index (χ0v) is 18.2. The van der Waals surface area contributed by atoms with Gasteiger partial charge in [0.1, 0.15) is 0 Å². The summed E-state index contributed by atoms with van der Waals surface area (Å²) in [5.74, 6) is -3.06. The van der Waals surface area contributed by atoms with Crippen LogP contribution in [0.1, 0.15) is 36.6 Å². The van der Waals surface area contributed by atoms with Crippen LogP contribution < -0.4 is 10.6 Å². The average molecular weight is 467 g/mol. The second kappa shape index (κ2) is 10.4. The molecule has 0 aliphatic rings. The molecule has 2 amide bonds. The average Bonchev–Trinajstić information content (AvgIpc) is 2.77. The molecule has 3 N–H and O–H groups in total. The summed E-state index contributed by atoms with van der Waals surface area (Å²) in [5.41, 5.74) is 1.77. The molecule has 0 radical (unpaired) electrons. The van der Waals surface area contributed by atoms with E-state index in [2.05, 4.69) is 10.6 Å². The molecule has 9 heteroatoms. The van der Waals surface area contributed by atoms with Crippen molar-refractivity contribution in [2.24, 2.45) is 0 Å². The Morgan fingerprint density at radius 2 is 1.55 bits per heavy atom. The van der Waals surface area contributed by atoms with E-state index in [1.807, 2.05) is 6.92 Å². The van der Waals surface area contributed by atoms with Gasteiger partial charge in [-0.3, -0.25) is 9.59 Å². The van der Waals surface area contributed by atoms with Gasteiger partial charge in [-0.15, -0.1) is 0 Å². The Kier molecular flexibility index (Phi) is 7.42. The van der Waals surface area contributed by atoms with E-state index in [0.29, 0.717) is 16.4 Å². The molecule has 0 fully saturated rings. The zero-order valence-electron chi connectivity index (χ0n) is 17.4. The van der Waals surface area contributed by atoms with Crippen molar-refractivity contribution in [2.75, 3.05) is 17.2 Å². The van der Waals surface area contributed by atoms with Gasteiger partial charge in [0.15, 0.2) is 6.61 Å². The first-order valence-corrected chi connectivity index (χ1v) is 10.1. The van der Waals surface area contributed by atoms with Gasteiger partial charge in [-0.25, -0.2) is 9.59 Å². The number of aromatic carboxylic acids is 1. The zero-order chi connectivity index (χ0) is 24.0. The van der Waals surface area contributed by atoms with Crippen molar-refractivity contribution < 1.29 is 29.0 Å². The fourth-order valence-corrected chi connectivity index (χ4v) is 3.27. The molecule has 3 aromatic rings. The molecule has 0 aliphatic heterocycles. The number of nitrogens with one attached hydrogen (secondary N) is 2. The molecule has 0 bridgehead atoms. The van der Waals surface area contributed by atoms with Crippen molar-refractivity contribution in [3.63, 3.8) is 0 Å². The largest absolute Gasteiger partial charge is 0.478 e. The highest BCUT2D eigenvalue weighted by atomic mass is 35.5. The molecule has 168 valence electrons. The highest BCUT2D eigenvalue weighted by Gasteiger charge is 2.16. The molecular weight excluding hydrogens is 448 g/mol. The number of anilines is 2. The summed E-state index contributed by atoms with van der Waals surface area (Å²) in [6.07, 6.45) is 0. The minimum absolute atomic E-state index is 0.00870. The number of carboxylic acids is 1. The number of amides is 2. The van der Waals surface area contributed by atoms with Gasteiger partial charge in [0.25, 0.3) is 11.8 Å². The van der Waals surface area contributed by atoms with Gasteiger partial charge in [0.2, 0.25) is 0 Å². The SMILES string of the molecule is Cc1cc(Cl)cc(NC(=O)COC(=O)c2ccc(NC(=O)c3ccccc3C(=O)O)cc2)c1. The van der Waals surface area contributed by atoms with Gasteiger partial charge in [-0.2, -0.15) is 0 Å². The number of hydrogen-bond acceptors (Lipinski definition) is 5. The van der Waals surface area contributed by atoms with Gasteiger partial charge < -0.3 is 20.5 Å². The standard InChI is InChI=1S/C24H19ClN2O6/c1-14-10-16(25)12-18(11-14)26-21(28)13-33-24(32)15-6-8-17(9-7-15)27-22(29)19-4-2-3-5-20(19)23(30)31/h2-12H,13H2,1H3,(H,26,28)(H,27,29)(H,30,31). The summed E-state index contributed by atoms with van der Waals surface area (Å²) in [6.45, 7) is 1.34. The number of benzene rings is 3. The number of halogens is 1. The Balaban J connectivity index is 1.56. The summed E-state index contributed by atoms with van der Waals surface area (Å²) in [5, 5.41) is 14.9. The molecule has 0 saturated heterocycles. The molecule has 0 aromatic heterocycles. The molecule has 0 unspecified atom stereocenters. The van der Waals surface area contributed by atoms with Crippen molar-refractivity contribution in [1.82, 2.24) is 0 Å². The minimum Gasteiger partial charge on any atom is -0.478 e. The third-order valence-electron chi connectivity index (χ3n) is 4.44. The number of carbonyl (C=O) groups is 4. The fraction of sp³-hybridized carbons (Fsp3) is 0.0833. The van der Waals surface area contributed by atoms with Crippen LogP contribution in [0.4, 0.5) is 11.4 Å². The maximum atomic E-state index is 12.4. The van der Waals surface area contributed by atoms with Gasteiger partial charge in [-0.1, -0.05) is 23.7 Å². The highest BCUT2D eigenvalue weighted by Crippen LogP contribution is 2.19. The smallest absolute Gasteiger partial charge is 0.338 e. The van der Waals surface area contributed by atoms with Crippen LogP contribution in [-0.2, 0) is 9.53 Å². The molecule has 33 heavy (non-hydrogen) atoms. The van der Waals surface area contributed by atoms with Crippen LogP contribution in [0, 0.1) is 6.92 Å². The van der Waals surface area contributed by atoms with E-state index < -0.39 is 30.4 Å². The third-order valence-corrected chi connectivity index (χ3v) is 4.66. The number of esters is 1. The second-order valence-electron chi connectivity index (χ2n) is 7.02. The second-order valence-corrected chi connectivity index (χ2v) is 7.46. The Bertz CT molecular complexity index is 1200.